The summed E-state index contributed by atoms with van der Waals surface area (Å²) >= 11 is 18.4. The Morgan fingerprint density at radius 3 is 2.12 bits per heavy atom. The number of amides is 2. The number of hydrogen-bond acceptors (Lipinski definition) is 4. The zero-order valence-corrected chi connectivity index (χ0v) is 25.3. The highest BCUT2D eigenvalue weighted by Crippen LogP contribution is 2.42. The molecular weight excluding hydrogens is 602 g/mol. The van der Waals surface area contributed by atoms with Gasteiger partial charge in [-0.1, -0.05) is 29.3 Å². The fourth-order valence-electron chi connectivity index (χ4n) is 5.96. The van der Waals surface area contributed by atoms with Gasteiger partial charge in [-0.15, -0.1) is 11.6 Å². The van der Waals surface area contributed by atoms with Crippen LogP contribution < -0.4 is 4.90 Å². The summed E-state index contributed by atoms with van der Waals surface area (Å²) in [5.41, 5.74) is -2.88. The maximum atomic E-state index is 14.1. The second-order valence-electron chi connectivity index (χ2n) is 11.4. The topological polar surface area (TPSA) is 64.1 Å². The molecule has 0 spiro atoms. The zero-order valence-electron chi connectivity index (χ0n) is 23.1. The Balaban J connectivity index is 1.31. The van der Waals surface area contributed by atoms with E-state index in [9.17, 15) is 27.9 Å². The highest BCUT2D eigenvalue weighted by Gasteiger charge is 2.63. The number of nitrogens with zero attached hydrogens (tertiary/aromatic N) is 3. The third kappa shape index (κ3) is 7.00. The van der Waals surface area contributed by atoms with E-state index in [1.807, 2.05) is 12.1 Å². The van der Waals surface area contributed by atoms with E-state index >= 15 is 0 Å². The molecule has 2 fully saturated rings. The summed E-state index contributed by atoms with van der Waals surface area (Å²) < 4.78 is 42.3. The van der Waals surface area contributed by atoms with Crippen LogP contribution in [0, 0.1) is 11.8 Å². The fraction of sp³-hybridized carbons (Fsp3) is 0.586. The molecule has 2 saturated heterocycles. The van der Waals surface area contributed by atoms with Crippen molar-refractivity contribution in [2.75, 3.05) is 45.2 Å². The van der Waals surface area contributed by atoms with Crippen molar-refractivity contribution in [3.05, 3.63) is 51.5 Å². The van der Waals surface area contributed by atoms with Crippen molar-refractivity contribution in [2.45, 2.75) is 55.7 Å². The number of rotatable bonds is 6. The van der Waals surface area contributed by atoms with E-state index in [1.165, 1.54) is 4.90 Å². The number of benzene rings is 1. The lowest BCUT2D eigenvalue weighted by atomic mass is 9.81. The van der Waals surface area contributed by atoms with Crippen LogP contribution in [-0.2, 0) is 4.79 Å². The number of halogens is 6. The van der Waals surface area contributed by atoms with Gasteiger partial charge in [0, 0.05) is 63.0 Å². The molecule has 2 heterocycles. The maximum Gasteiger partial charge on any atom is 0.430 e. The van der Waals surface area contributed by atoms with Crippen molar-refractivity contribution < 1.29 is 27.9 Å². The van der Waals surface area contributed by atoms with E-state index in [1.54, 1.807) is 20.2 Å². The standard InChI is InChI=1S/C29H35Cl3F3N3O3/c1-36(2)26(39)24-4-3-23(17-25(24)32)37-9-5-18(6-10-37)13-19-7-11-38(12-8-19)27(40)28(41,29(33,34)35)20-14-21(30)16-22(31)15-20/h3-4,14-15,17-19,21,41H,5-13,16H2,1-2H3/t21?,28-/m1/s1. The number of anilines is 1. The number of alkyl halides is 4. The molecule has 0 radical (unpaired) electrons. The number of carbonyl (C=O) groups is 2. The van der Waals surface area contributed by atoms with Gasteiger partial charge in [-0.2, -0.15) is 13.2 Å². The van der Waals surface area contributed by atoms with Crippen LogP contribution in [0.4, 0.5) is 18.9 Å². The Morgan fingerprint density at radius 2 is 1.61 bits per heavy atom. The predicted molar refractivity (Wildman–Crippen MR) is 156 cm³/mol. The lowest BCUT2D eigenvalue weighted by Gasteiger charge is -2.40. The van der Waals surface area contributed by atoms with E-state index in [4.69, 9.17) is 34.8 Å². The van der Waals surface area contributed by atoms with Gasteiger partial charge in [-0.05, 0) is 68.2 Å². The second kappa shape index (κ2) is 12.7. The van der Waals surface area contributed by atoms with Crippen molar-refractivity contribution in [1.82, 2.24) is 9.80 Å². The lowest BCUT2D eigenvalue weighted by molar-refractivity contribution is -0.242. The largest absolute Gasteiger partial charge is 0.430 e. The van der Waals surface area contributed by atoms with Crippen LogP contribution in [0.3, 0.4) is 0 Å². The molecule has 2 atom stereocenters. The maximum absolute atomic E-state index is 14.1. The molecule has 12 heteroatoms. The first-order chi connectivity index (χ1) is 19.2. The minimum absolute atomic E-state index is 0.0577. The van der Waals surface area contributed by atoms with E-state index in [-0.39, 0.29) is 36.4 Å². The Morgan fingerprint density at radius 1 is 1.02 bits per heavy atom. The monoisotopic (exact) mass is 635 g/mol. The van der Waals surface area contributed by atoms with Crippen molar-refractivity contribution in [3.63, 3.8) is 0 Å². The molecule has 1 aromatic carbocycles. The predicted octanol–water partition coefficient (Wildman–Crippen LogP) is 6.24. The highest BCUT2D eigenvalue weighted by molar-refractivity contribution is 6.34. The summed E-state index contributed by atoms with van der Waals surface area (Å²) in [5, 5.41) is 10.4. The lowest BCUT2D eigenvalue weighted by Crippen LogP contribution is -2.60. The molecule has 1 N–H and O–H groups in total. The van der Waals surface area contributed by atoms with Crippen molar-refractivity contribution in [1.29, 1.82) is 0 Å². The first-order valence-electron chi connectivity index (χ1n) is 13.8. The van der Waals surface area contributed by atoms with Gasteiger partial charge in [0.15, 0.2) is 0 Å². The number of allylic oxidation sites excluding steroid dienone is 2. The van der Waals surface area contributed by atoms with E-state index in [2.05, 4.69) is 4.90 Å². The van der Waals surface area contributed by atoms with Crippen molar-refractivity contribution in [2.24, 2.45) is 11.8 Å². The van der Waals surface area contributed by atoms with Gasteiger partial charge < -0.3 is 19.8 Å². The molecule has 6 nitrogen and oxygen atoms in total. The summed E-state index contributed by atoms with van der Waals surface area (Å²) in [5.74, 6) is -0.773. The average Bonchev–Trinajstić information content (AvgIpc) is 2.91. The Kier molecular flexibility index (Phi) is 9.94. The quantitative estimate of drug-likeness (QED) is 0.376. The molecule has 226 valence electrons. The van der Waals surface area contributed by atoms with E-state index in [0.29, 0.717) is 29.3 Å². The summed E-state index contributed by atoms with van der Waals surface area (Å²) in [6, 6.07) is 5.50. The van der Waals surface area contributed by atoms with Crippen molar-refractivity contribution >= 4 is 52.3 Å². The van der Waals surface area contributed by atoms with Gasteiger partial charge >= 0.3 is 6.18 Å². The molecule has 1 unspecified atom stereocenters. The highest BCUT2D eigenvalue weighted by atomic mass is 35.5. The zero-order chi connectivity index (χ0) is 30.1. The van der Waals surface area contributed by atoms with E-state index < -0.39 is 28.6 Å². The number of hydrogen-bond donors (Lipinski definition) is 1. The van der Waals surface area contributed by atoms with Gasteiger partial charge in [-0.3, -0.25) is 9.59 Å². The van der Waals surface area contributed by atoms with Crippen LogP contribution in [0.5, 0.6) is 0 Å². The van der Waals surface area contributed by atoms with Gasteiger partial charge in [0.1, 0.15) is 0 Å². The minimum atomic E-state index is -5.23. The van der Waals surface area contributed by atoms with Crippen molar-refractivity contribution in [3.8, 4) is 0 Å². The average molecular weight is 637 g/mol. The first kappa shape index (κ1) is 32.0. The summed E-state index contributed by atoms with van der Waals surface area (Å²) in [7, 11) is 3.36. The van der Waals surface area contributed by atoms with Crippen LogP contribution in [0.1, 0.15) is 48.9 Å². The molecule has 0 aromatic heterocycles. The second-order valence-corrected chi connectivity index (χ2v) is 12.9. The van der Waals surface area contributed by atoms with Gasteiger partial charge in [0.2, 0.25) is 0 Å². The summed E-state index contributed by atoms with van der Waals surface area (Å²) in [4.78, 5) is 30.2. The number of piperidine rings is 2. The Bertz CT molecular complexity index is 1210. The molecular formula is C29H35Cl3F3N3O3. The van der Waals surface area contributed by atoms with Crippen LogP contribution in [-0.4, -0.2) is 84.1 Å². The fourth-order valence-corrected chi connectivity index (χ4v) is 6.88. The third-order valence-corrected chi connectivity index (χ3v) is 9.19. The molecule has 2 amide bonds. The molecule has 41 heavy (non-hydrogen) atoms. The van der Waals surface area contributed by atoms with E-state index in [0.717, 1.165) is 55.1 Å². The molecule has 1 aromatic rings. The molecule has 3 aliphatic rings. The summed E-state index contributed by atoms with van der Waals surface area (Å²) in [6.07, 6.45) is 0.975. The Hall–Kier alpha value is -1.94. The molecule has 1 aliphatic carbocycles. The third-order valence-electron chi connectivity index (χ3n) is 8.34. The van der Waals surface area contributed by atoms with Gasteiger partial charge in [0.25, 0.3) is 17.4 Å². The van der Waals surface area contributed by atoms with Crippen LogP contribution >= 0.6 is 34.8 Å². The SMILES string of the molecule is CN(C)C(=O)c1ccc(N2CCC(CC3CCN(C(=O)[C@](O)(C4=CC(Cl)CC(Cl)=C4)C(F)(F)F)CC3)CC2)cc1Cl. The van der Waals surface area contributed by atoms with Crippen LogP contribution in [0.2, 0.25) is 5.02 Å². The van der Waals surface area contributed by atoms with Crippen LogP contribution in [0.25, 0.3) is 0 Å². The Labute approximate surface area is 253 Å². The molecule has 0 bridgehead atoms. The van der Waals surface area contributed by atoms with Crippen LogP contribution in [0.15, 0.2) is 41.0 Å². The smallest absolute Gasteiger partial charge is 0.371 e. The molecule has 2 aliphatic heterocycles. The molecule has 0 saturated carbocycles. The number of carbonyl (C=O) groups excluding carboxylic acids is 2. The number of likely N-dealkylation sites (tertiary alicyclic amines) is 1. The number of aliphatic hydroxyl groups is 1. The van der Waals surface area contributed by atoms with Gasteiger partial charge in [0.05, 0.1) is 16.0 Å². The molecule has 4 rings (SSSR count). The minimum Gasteiger partial charge on any atom is -0.371 e. The summed E-state index contributed by atoms with van der Waals surface area (Å²) in [6.45, 7) is 1.97. The van der Waals surface area contributed by atoms with Gasteiger partial charge in [-0.25, -0.2) is 0 Å². The normalized spacial score (nSPS) is 22.6. The first-order valence-corrected chi connectivity index (χ1v) is 15.0.